The minimum Gasteiger partial charge on any atom is -0.388 e. The Morgan fingerprint density at radius 3 is 2.85 bits per heavy atom. The predicted octanol–water partition coefficient (Wildman–Crippen LogP) is 1.78. The molecule has 0 atom stereocenters. The molecule has 0 fully saturated rings. The zero-order valence-corrected chi connectivity index (χ0v) is 7.28. The van der Waals surface area contributed by atoms with Crippen molar-refractivity contribution in [3.63, 3.8) is 0 Å². The first-order valence-electron chi connectivity index (χ1n) is 3.76. The van der Waals surface area contributed by atoms with E-state index in [1.807, 2.05) is 0 Å². The van der Waals surface area contributed by atoms with Crippen LogP contribution in [0.15, 0.2) is 30.8 Å². The third kappa shape index (κ3) is 2.05. The van der Waals surface area contributed by atoms with E-state index in [9.17, 15) is 10.1 Å². The van der Waals surface area contributed by atoms with E-state index in [2.05, 4.69) is 11.9 Å². The second-order valence-corrected chi connectivity index (χ2v) is 2.54. The van der Waals surface area contributed by atoms with Gasteiger partial charge in [0.15, 0.2) is 0 Å². The molecule has 0 spiro atoms. The standard InChI is InChI=1S/C9H10N2O2/c1-7(10-2)8-4-3-5-9(6-8)11(12)13/h3-6,10H,1H2,2H3. The van der Waals surface area contributed by atoms with Crippen LogP contribution in [-0.2, 0) is 0 Å². The van der Waals surface area contributed by atoms with Crippen molar-refractivity contribution < 1.29 is 4.92 Å². The molecule has 1 N–H and O–H groups in total. The summed E-state index contributed by atoms with van der Waals surface area (Å²) in [4.78, 5) is 10.00. The van der Waals surface area contributed by atoms with E-state index in [4.69, 9.17) is 0 Å². The number of nitro groups is 1. The molecule has 0 amide bonds. The van der Waals surface area contributed by atoms with Gasteiger partial charge >= 0.3 is 0 Å². The molecule has 0 aliphatic rings. The van der Waals surface area contributed by atoms with E-state index in [1.54, 1.807) is 19.2 Å². The molecule has 0 unspecified atom stereocenters. The van der Waals surface area contributed by atoms with E-state index in [0.29, 0.717) is 5.70 Å². The van der Waals surface area contributed by atoms with Crippen molar-refractivity contribution in [1.29, 1.82) is 0 Å². The molecule has 0 bridgehead atoms. The van der Waals surface area contributed by atoms with Crippen LogP contribution in [0.25, 0.3) is 5.70 Å². The highest BCUT2D eigenvalue weighted by Crippen LogP contribution is 2.16. The Morgan fingerprint density at radius 1 is 1.62 bits per heavy atom. The Morgan fingerprint density at radius 2 is 2.31 bits per heavy atom. The molecule has 4 heteroatoms. The van der Waals surface area contributed by atoms with E-state index in [1.165, 1.54) is 12.1 Å². The largest absolute Gasteiger partial charge is 0.388 e. The molecule has 0 aliphatic carbocycles. The fourth-order valence-electron chi connectivity index (χ4n) is 0.952. The Kier molecular flexibility index (Phi) is 2.64. The summed E-state index contributed by atoms with van der Waals surface area (Å²) in [5.74, 6) is 0. The minimum absolute atomic E-state index is 0.0777. The Bertz CT molecular complexity index is 347. The van der Waals surface area contributed by atoms with Gasteiger partial charge in [-0.25, -0.2) is 0 Å². The van der Waals surface area contributed by atoms with Crippen LogP contribution in [0.3, 0.4) is 0 Å². The summed E-state index contributed by atoms with van der Waals surface area (Å²) in [7, 11) is 1.72. The van der Waals surface area contributed by atoms with Gasteiger partial charge in [-0.2, -0.15) is 0 Å². The smallest absolute Gasteiger partial charge is 0.270 e. The van der Waals surface area contributed by atoms with E-state index < -0.39 is 4.92 Å². The molecule has 0 aromatic heterocycles. The van der Waals surface area contributed by atoms with Gasteiger partial charge in [0, 0.05) is 30.4 Å². The highest BCUT2D eigenvalue weighted by Gasteiger charge is 2.06. The average molecular weight is 178 g/mol. The molecule has 0 heterocycles. The van der Waals surface area contributed by atoms with Crippen molar-refractivity contribution in [1.82, 2.24) is 5.32 Å². The highest BCUT2D eigenvalue weighted by molar-refractivity contribution is 5.63. The van der Waals surface area contributed by atoms with Crippen molar-refractivity contribution >= 4 is 11.4 Å². The second kappa shape index (κ2) is 3.71. The van der Waals surface area contributed by atoms with Gasteiger partial charge in [0.1, 0.15) is 0 Å². The molecule has 1 rings (SSSR count). The van der Waals surface area contributed by atoms with Crippen LogP contribution in [0, 0.1) is 10.1 Å². The number of nitrogens with one attached hydrogen (secondary N) is 1. The minimum atomic E-state index is -0.424. The maximum atomic E-state index is 10.4. The third-order valence-corrected chi connectivity index (χ3v) is 1.71. The monoisotopic (exact) mass is 178 g/mol. The molecule has 0 saturated heterocycles. The number of non-ortho nitro benzene ring substituents is 1. The summed E-state index contributed by atoms with van der Waals surface area (Å²) in [5, 5.41) is 13.2. The molecule has 13 heavy (non-hydrogen) atoms. The maximum Gasteiger partial charge on any atom is 0.270 e. The van der Waals surface area contributed by atoms with E-state index in [0.717, 1.165) is 5.56 Å². The first-order valence-corrected chi connectivity index (χ1v) is 3.76. The van der Waals surface area contributed by atoms with Gasteiger partial charge in [-0.3, -0.25) is 10.1 Å². The third-order valence-electron chi connectivity index (χ3n) is 1.71. The van der Waals surface area contributed by atoms with Gasteiger partial charge in [-0.15, -0.1) is 0 Å². The molecular formula is C9H10N2O2. The van der Waals surface area contributed by atoms with Crippen LogP contribution in [-0.4, -0.2) is 12.0 Å². The van der Waals surface area contributed by atoms with Gasteiger partial charge in [-0.05, 0) is 0 Å². The molecule has 68 valence electrons. The molecule has 4 nitrogen and oxygen atoms in total. The molecule has 0 saturated carbocycles. The summed E-state index contributed by atoms with van der Waals surface area (Å²) in [5.41, 5.74) is 1.48. The zero-order chi connectivity index (χ0) is 9.84. The lowest BCUT2D eigenvalue weighted by atomic mass is 10.1. The van der Waals surface area contributed by atoms with Crippen LogP contribution in [0.4, 0.5) is 5.69 Å². The number of nitro benzene ring substituents is 1. The van der Waals surface area contributed by atoms with Crippen molar-refractivity contribution in [3.05, 3.63) is 46.5 Å². The molecule has 1 aromatic carbocycles. The molecule has 0 radical (unpaired) electrons. The highest BCUT2D eigenvalue weighted by atomic mass is 16.6. The maximum absolute atomic E-state index is 10.4. The number of hydrogen-bond donors (Lipinski definition) is 1. The number of rotatable bonds is 3. The summed E-state index contributed by atoms with van der Waals surface area (Å²) >= 11 is 0. The van der Waals surface area contributed by atoms with Crippen molar-refractivity contribution in [2.45, 2.75) is 0 Å². The Hall–Kier alpha value is -1.84. The summed E-state index contributed by atoms with van der Waals surface area (Å²) < 4.78 is 0. The van der Waals surface area contributed by atoms with Crippen LogP contribution in [0.5, 0.6) is 0 Å². The fourth-order valence-corrected chi connectivity index (χ4v) is 0.952. The van der Waals surface area contributed by atoms with Crippen molar-refractivity contribution in [2.24, 2.45) is 0 Å². The van der Waals surface area contributed by atoms with Gasteiger partial charge in [0.2, 0.25) is 0 Å². The van der Waals surface area contributed by atoms with Crippen LogP contribution >= 0.6 is 0 Å². The number of benzene rings is 1. The lowest BCUT2D eigenvalue weighted by Gasteiger charge is -2.03. The van der Waals surface area contributed by atoms with E-state index in [-0.39, 0.29) is 5.69 Å². The van der Waals surface area contributed by atoms with E-state index >= 15 is 0 Å². The summed E-state index contributed by atoms with van der Waals surface area (Å²) in [6.07, 6.45) is 0. The summed E-state index contributed by atoms with van der Waals surface area (Å²) in [6, 6.07) is 6.34. The van der Waals surface area contributed by atoms with Crippen LogP contribution in [0.2, 0.25) is 0 Å². The predicted molar refractivity (Wildman–Crippen MR) is 51.2 cm³/mol. The topological polar surface area (TPSA) is 55.2 Å². The Labute approximate surface area is 76.0 Å². The first-order chi connectivity index (χ1) is 6.15. The van der Waals surface area contributed by atoms with Gasteiger partial charge in [-0.1, -0.05) is 18.7 Å². The second-order valence-electron chi connectivity index (χ2n) is 2.54. The lowest BCUT2D eigenvalue weighted by Crippen LogP contribution is -2.02. The summed E-state index contributed by atoms with van der Waals surface area (Å²) in [6.45, 7) is 3.71. The normalized spacial score (nSPS) is 9.31. The molecular weight excluding hydrogens is 168 g/mol. The first kappa shape index (κ1) is 9.25. The fraction of sp³-hybridized carbons (Fsp3) is 0.111. The van der Waals surface area contributed by atoms with Gasteiger partial charge in [0.25, 0.3) is 5.69 Å². The number of nitrogens with zero attached hydrogens (tertiary/aromatic N) is 1. The molecule has 1 aromatic rings. The zero-order valence-electron chi connectivity index (χ0n) is 7.28. The van der Waals surface area contributed by atoms with Crippen LogP contribution in [0.1, 0.15) is 5.56 Å². The number of hydrogen-bond acceptors (Lipinski definition) is 3. The lowest BCUT2D eigenvalue weighted by molar-refractivity contribution is -0.384. The SMILES string of the molecule is C=C(NC)c1cccc([N+](=O)[O-])c1. The van der Waals surface area contributed by atoms with Crippen molar-refractivity contribution in [2.75, 3.05) is 7.05 Å². The van der Waals surface area contributed by atoms with Gasteiger partial charge < -0.3 is 5.32 Å². The average Bonchev–Trinajstić information content (AvgIpc) is 2.17. The Balaban J connectivity index is 3.05. The molecule has 0 aliphatic heterocycles. The van der Waals surface area contributed by atoms with Gasteiger partial charge in [0.05, 0.1) is 4.92 Å². The van der Waals surface area contributed by atoms with Crippen molar-refractivity contribution in [3.8, 4) is 0 Å². The quantitative estimate of drug-likeness (QED) is 0.567. The van der Waals surface area contributed by atoms with Crippen LogP contribution < -0.4 is 5.32 Å².